The van der Waals surface area contributed by atoms with E-state index in [2.05, 4.69) is 9.84 Å². The van der Waals surface area contributed by atoms with E-state index in [1.807, 2.05) is 0 Å². The molecule has 0 saturated carbocycles. The Morgan fingerprint density at radius 2 is 2.00 bits per heavy atom. The predicted molar refractivity (Wildman–Crippen MR) is 51.3 cm³/mol. The Hall–Kier alpha value is -1.40. The van der Waals surface area contributed by atoms with E-state index in [4.69, 9.17) is 9.47 Å². The molecule has 1 rings (SSSR count). The summed E-state index contributed by atoms with van der Waals surface area (Å²) < 4.78 is 16.1. The van der Waals surface area contributed by atoms with E-state index in [1.165, 1.54) is 26.0 Å². The summed E-state index contributed by atoms with van der Waals surface area (Å²) >= 11 is 0. The standard InChI is InChI=1S/C9H14N2O4/c1-11-7(8(12)13-2)5-6(10-11)9(14-3)15-4/h5,9H,1-4H3. The lowest BCUT2D eigenvalue weighted by atomic mass is 10.3. The van der Waals surface area contributed by atoms with Crippen molar-refractivity contribution in [3.63, 3.8) is 0 Å². The molecule has 0 aliphatic heterocycles. The van der Waals surface area contributed by atoms with Crippen molar-refractivity contribution in [1.29, 1.82) is 0 Å². The number of carbonyl (C=O) groups excluding carboxylic acids is 1. The first kappa shape index (κ1) is 11.7. The first-order valence-corrected chi connectivity index (χ1v) is 4.31. The lowest BCUT2D eigenvalue weighted by molar-refractivity contribution is -0.108. The summed E-state index contributed by atoms with van der Waals surface area (Å²) in [7, 11) is 5.97. The molecule has 0 unspecified atom stereocenters. The Morgan fingerprint density at radius 3 is 2.47 bits per heavy atom. The molecule has 6 nitrogen and oxygen atoms in total. The fraction of sp³-hybridized carbons (Fsp3) is 0.556. The molecule has 0 amide bonds. The lowest BCUT2D eigenvalue weighted by Crippen LogP contribution is -2.08. The third-order valence-corrected chi connectivity index (χ3v) is 1.96. The van der Waals surface area contributed by atoms with E-state index >= 15 is 0 Å². The fourth-order valence-electron chi connectivity index (χ4n) is 1.24. The molecule has 0 N–H and O–H groups in total. The number of methoxy groups -OCH3 is 3. The van der Waals surface area contributed by atoms with Gasteiger partial charge in [-0.2, -0.15) is 5.10 Å². The number of ether oxygens (including phenoxy) is 3. The number of carbonyl (C=O) groups is 1. The predicted octanol–water partition coefficient (Wildman–Crippen LogP) is 0.498. The summed E-state index contributed by atoms with van der Waals surface area (Å²) in [6, 6.07) is 1.57. The van der Waals surface area contributed by atoms with E-state index in [9.17, 15) is 4.79 Å². The van der Waals surface area contributed by atoms with Crippen LogP contribution < -0.4 is 0 Å². The highest BCUT2D eigenvalue weighted by Crippen LogP contribution is 2.16. The molecule has 0 atom stereocenters. The number of hydrogen-bond donors (Lipinski definition) is 0. The molecule has 0 bridgehead atoms. The van der Waals surface area contributed by atoms with Crippen LogP contribution in [0.3, 0.4) is 0 Å². The highest BCUT2D eigenvalue weighted by Gasteiger charge is 2.19. The van der Waals surface area contributed by atoms with E-state index in [1.54, 1.807) is 13.1 Å². The average molecular weight is 214 g/mol. The quantitative estimate of drug-likeness (QED) is 0.539. The molecule has 15 heavy (non-hydrogen) atoms. The molecule has 0 fully saturated rings. The van der Waals surface area contributed by atoms with E-state index < -0.39 is 12.3 Å². The van der Waals surface area contributed by atoms with Crippen molar-refractivity contribution >= 4 is 5.97 Å². The van der Waals surface area contributed by atoms with Crippen LogP contribution in [0.1, 0.15) is 22.5 Å². The minimum absolute atomic E-state index is 0.353. The van der Waals surface area contributed by atoms with Gasteiger partial charge in [-0.05, 0) is 6.07 Å². The molecule has 0 spiro atoms. The largest absolute Gasteiger partial charge is 0.464 e. The number of esters is 1. The minimum Gasteiger partial charge on any atom is -0.464 e. The van der Waals surface area contributed by atoms with Crippen molar-refractivity contribution in [3.05, 3.63) is 17.5 Å². The van der Waals surface area contributed by atoms with Crippen LogP contribution >= 0.6 is 0 Å². The number of rotatable bonds is 4. The fourth-order valence-corrected chi connectivity index (χ4v) is 1.24. The number of hydrogen-bond acceptors (Lipinski definition) is 5. The Balaban J connectivity index is 2.99. The maximum Gasteiger partial charge on any atom is 0.356 e. The first-order chi connectivity index (χ1) is 7.13. The van der Waals surface area contributed by atoms with Gasteiger partial charge in [-0.15, -0.1) is 0 Å². The monoisotopic (exact) mass is 214 g/mol. The van der Waals surface area contributed by atoms with Crippen molar-refractivity contribution < 1.29 is 19.0 Å². The molecule has 0 aliphatic carbocycles. The van der Waals surface area contributed by atoms with E-state index in [-0.39, 0.29) is 0 Å². The van der Waals surface area contributed by atoms with Gasteiger partial charge >= 0.3 is 5.97 Å². The minimum atomic E-state index is -0.574. The van der Waals surface area contributed by atoms with Crippen LogP contribution in [0.25, 0.3) is 0 Å². The molecule has 1 aromatic rings. The number of nitrogens with zero attached hydrogens (tertiary/aromatic N) is 2. The lowest BCUT2D eigenvalue weighted by Gasteiger charge is -2.09. The molecular weight excluding hydrogens is 200 g/mol. The van der Waals surface area contributed by atoms with Crippen molar-refractivity contribution in [2.75, 3.05) is 21.3 Å². The van der Waals surface area contributed by atoms with Crippen LogP contribution in [-0.4, -0.2) is 37.1 Å². The molecule has 1 aromatic heterocycles. The molecule has 0 saturated heterocycles. The van der Waals surface area contributed by atoms with Crippen molar-refractivity contribution in [3.8, 4) is 0 Å². The zero-order chi connectivity index (χ0) is 11.4. The van der Waals surface area contributed by atoms with Gasteiger partial charge in [0.1, 0.15) is 11.4 Å². The average Bonchev–Trinajstić information content (AvgIpc) is 2.61. The van der Waals surface area contributed by atoms with Crippen LogP contribution in [0.2, 0.25) is 0 Å². The van der Waals surface area contributed by atoms with Gasteiger partial charge in [0.2, 0.25) is 6.29 Å². The van der Waals surface area contributed by atoms with Crippen molar-refractivity contribution in [2.45, 2.75) is 6.29 Å². The number of aromatic nitrogens is 2. The molecule has 0 aromatic carbocycles. The second-order valence-electron chi connectivity index (χ2n) is 2.87. The van der Waals surface area contributed by atoms with E-state index in [0.29, 0.717) is 11.4 Å². The van der Waals surface area contributed by atoms with Crippen LogP contribution in [-0.2, 0) is 21.3 Å². The molecular formula is C9H14N2O4. The first-order valence-electron chi connectivity index (χ1n) is 4.31. The van der Waals surface area contributed by atoms with Gasteiger partial charge in [0.05, 0.1) is 7.11 Å². The normalized spacial score (nSPS) is 10.7. The Morgan fingerprint density at radius 1 is 1.40 bits per heavy atom. The topological polar surface area (TPSA) is 62.6 Å². The van der Waals surface area contributed by atoms with Crippen molar-refractivity contribution in [1.82, 2.24) is 9.78 Å². The van der Waals surface area contributed by atoms with Gasteiger partial charge in [-0.1, -0.05) is 0 Å². The van der Waals surface area contributed by atoms with Crippen LogP contribution in [0.5, 0.6) is 0 Å². The maximum absolute atomic E-state index is 11.3. The van der Waals surface area contributed by atoms with Gasteiger partial charge < -0.3 is 14.2 Å². The zero-order valence-electron chi connectivity index (χ0n) is 9.18. The summed E-state index contributed by atoms with van der Waals surface area (Å²) in [4.78, 5) is 11.3. The van der Waals surface area contributed by atoms with Gasteiger partial charge in [-0.25, -0.2) is 4.79 Å². The maximum atomic E-state index is 11.3. The zero-order valence-corrected chi connectivity index (χ0v) is 9.18. The smallest absolute Gasteiger partial charge is 0.356 e. The summed E-state index contributed by atoms with van der Waals surface area (Å²) in [5.41, 5.74) is 0.884. The molecule has 1 heterocycles. The van der Waals surface area contributed by atoms with Gasteiger partial charge in [0.15, 0.2) is 0 Å². The highest BCUT2D eigenvalue weighted by atomic mass is 16.7. The summed E-state index contributed by atoms with van der Waals surface area (Å²) in [6.45, 7) is 0. The van der Waals surface area contributed by atoms with Crippen LogP contribution in [0, 0.1) is 0 Å². The molecule has 84 valence electrons. The third-order valence-electron chi connectivity index (χ3n) is 1.96. The SMILES string of the molecule is COC(=O)c1cc(C(OC)OC)nn1C. The molecule has 6 heteroatoms. The third kappa shape index (κ3) is 2.34. The van der Waals surface area contributed by atoms with Crippen molar-refractivity contribution in [2.24, 2.45) is 7.05 Å². The van der Waals surface area contributed by atoms with E-state index in [0.717, 1.165) is 0 Å². The second kappa shape index (κ2) is 4.90. The van der Waals surface area contributed by atoms with Crippen LogP contribution in [0.4, 0.5) is 0 Å². The Labute approximate surface area is 87.7 Å². The molecule has 0 radical (unpaired) electrons. The molecule has 0 aliphatic rings. The summed E-state index contributed by atoms with van der Waals surface area (Å²) in [5.74, 6) is -0.442. The van der Waals surface area contributed by atoms with Gasteiger partial charge in [0, 0.05) is 21.3 Å². The van der Waals surface area contributed by atoms with Gasteiger partial charge in [-0.3, -0.25) is 4.68 Å². The number of aryl methyl sites for hydroxylation is 1. The van der Waals surface area contributed by atoms with Crippen LogP contribution in [0.15, 0.2) is 6.07 Å². The summed E-state index contributed by atoms with van der Waals surface area (Å²) in [5, 5.41) is 4.09. The Bertz CT molecular complexity index is 344. The highest BCUT2D eigenvalue weighted by molar-refractivity contribution is 5.87. The summed E-state index contributed by atoms with van der Waals surface area (Å²) in [6.07, 6.45) is -0.574. The second-order valence-corrected chi connectivity index (χ2v) is 2.87. The van der Waals surface area contributed by atoms with Gasteiger partial charge in [0.25, 0.3) is 0 Å². The Kier molecular flexibility index (Phi) is 3.81.